The van der Waals surface area contributed by atoms with Gasteiger partial charge < -0.3 is 4.55 Å². The first-order chi connectivity index (χ1) is 9.17. The molecular weight excluding hydrogens is 356 g/mol. The maximum absolute atomic E-state index is 11.9. The van der Waals surface area contributed by atoms with Crippen molar-refractivity contribution in [1.82, 2.24) is 0 Å². The van der Waals surface area contributed by atoms with E-state index in [2.05, 4.69) is 4.18 Å². The van der Waals surface area contributed by atoms with Crippen LogP contribution in [0.3, 0.4) is 0 Å². The number of imide groups is 1. The van der Waals surface area contributed by atoms with Crippen LogP contribution < -0.4 is 34.5 Å². The molecule has 1 aromatic rings. The Morgan fingerprint density at radius 2 is 1.71 bits per heavy atom. The van der Waals surface area contributed by atoms with Gasteiger partial charge in [0.15, 0.2) is 6.10 Å². The molecule has 0 unspecified atom stereocenters. The van der Waals surface area contributed by atoms with Crippen LogP contribution in [0.2, 0.25) is 10.0 Å². The van der Waals surface area contributed by atoms with Crippen molar-refractivity contribution in [2.45, 2.75) is 12.5 Å². The van der Waals surface area contributed by atoms with E-state index in [-0.39, 0.29) is 45.3 Å². The summed E-state index contributed by atoms with van der Waals surface area (Å²) in [5.41, 5.74) is 0.0758. The largest absolute Gasteiger partial charge is 1.00 e. The molecule has 11 heteroatoms. The van der Waals surface area contributed by atoms with Crippen molar-refractivity contribution < 1.29 is 56.3 Å². The van der Waals surface area contributed by atoms with E-state index >= 15 is 0 Å². The third-order valence-electron chi connectivity index (χ3n) is 2.44. The zero-order valence-corrected chi connectivity index (χ0v) is 14.9. The molecule has 0 aromatic heterocycles. The molecule has 1 heterocycles. The summed E-state index contributed by atoms with van der Waals surface area (Å²) in [6, 6.07) is 4.00. The summed E-state index contributed by atoms with van der Waals surface area (Å²) in [4.78, 5) is 24.3. The van der Waals surface area contributed by atoms with Gasteiger partial charge in [0.1, 0.15) is 0 Å². The Morgan fingerprint density at radius 1 is 1.19 bits per heavy atom. The third kappa shape index (κ3) is 4.64. The molecule has 1 aliphatic rings. The minimum absolute atomic E-state index is 0. The molecule has 1 fully saturated rings. The smallest absolute Gasteiger partial charge is 0.726 e. The Kier molecular flexibility index (Phi) is 6.22. The van der Waals surface area contributed by atoms with Crippen molar-refractivity contribution in [3.05, 3.63) is 28.2 Å². The molecule has 2 rings (SSSR count). The number of hydrogen-bond acceptors (Lipinski definition) is 6. The number of carbonyl (C=O) groups is 2. The van der Waals surface area contributed by atoms with E-state index in [1.807, 2.05) is 0 Å². The van der Waals surface area contributed by atoms with Crippen LogP contribution >= 0.6 is 23.2 Å². The summed E-state index contributed by atoms with van der Waals surface area (Å²) in [6.07, 6.45) is -2.22. The van der Waals surface area contributed by atoms with Crippen LogP contribution in [0.5, 0.6) is 0 Å². The van der Waals surface area contributed by atoms with Gasteiger partial charge in [-0.25, -0.2) is 13.3 Å². The van der Waals surface area contributed by atoms with Crippen LogP contribution in [0.15, 0.2) is 18.2 Å². The van der Waals surface area contributed by atoms with E-state index < -0.39 is 34.7 Å². The van der Waals surface area contributed by atoms with Crippen molar-refractivity contribution in [3.8, 4) is 0 Å². The predicted octanol–water partition coefficient (Wildman–Crippen LogP) is -1.89. The number of amides is 2. The normalized spacial score (nSPS) is 18.8. The molecule has 0 aliphatic carbocycles. The van der Waals surface area contributed by atoms with Crippen molar-refractivity contribution in [3.63, 3.8) is 0 Å². The molecule has 1 aromatic carbocycles. The van der Waals surface area contributed by atoms with Crippen molar-refractivity contribution >= 4 is 51.1 Å². The molecule has 1 aliphatic heterocycles. The Labute approximate surface area is 152 Å². The second-order valence-electron chi connectivity index (χ2n) is 3.89. The minimum Gasteiger partial charge on any atom is -0.726 e. The van der Waals surface area contributed by atoms with Crippen LogP contribution in [0.25, 0.3) is 0 Å². The van der Waals surface area contributed by atoms with Gasteiger partial charge in [-0.1, -0.05) is 23.2 Å². The molecule has 21 heavy (non-hydrogen) atoms. The first-order valence-corrected chi connectivity index (χ1v) is 7.23. The van der Waals surface area contributed by atoms with Crippen LogP contribution in [0, 0.1) is 0 Å². The van der Waals surface area contributed by atoms with Gasteiger partial charge in [-0.05, 0) is 18.2 Å². The van der Waals surface area contributed by atoms with Gasteiger partial charge >= 0.3 is 29.6 Å². The average molecular weight is 362 g/mol. The molecule has 0 bridgehead atoms. The molecule has 0 radical (unpaired) electrons. The predicted molar refractivity (Wildman–Crippen MR) is 68.1 cm³/mol. The Bertz CT molecular complexity index is 675. The Balaban J connectivity index is 0.00000220. The number of halogens is 2. The van der Waals surface area contributed by atoms with Crippen molar-refractivity contribution in [1.29, 1.82) is 0 Å². The van der Waals surface area contributed by atoms with Crippen molar-refractivity contribution in [2.24, 2.45) is 0 Å². The van der Waals surface area contributed by atoms with E-state index in [0.717, 1.165) is 0 Å². The van der Waals surface area contributed by atoms with E-state index in [4.69, 9.17) is 23.2 Å². The Morgan fingerprint density at radius 3 is 2.19 bits per heavy atom. The first kappa shape index (κ1) is 18.9. The van der Waals surface area contributed by atoms with Gasteiger partial charge in [0, 0.05) is 10.0 Å². The summed E-state index contributed by atoms with van der Waals surface area (Å²) in [5, 5.41) is 0.378. The van der Waals surface area contributed by atoms with Crippen LogP contribution in [0.4, 0.5) is 5.69 Å². The third-order valence-corrected chi connectivity index (χ3v) is 3.35. The summed E-state index contributed by atoms with van der Waals surface area (Å²) >= 11 is 11.5. The monoisotopic (exact) mass is 361 g/mol. The molecule has 0 N–H and O–H groups in total. The summed E-state index contributed by atoms with van der Waals surface area (Å²) in [7, 11) is -5.09. The second-order valence-corrected chi connectivity index (χ2v) is 5.77. The molecule has 0 saturated carbocycles. The maximum atomic E-state index is 11.9. The maximum Gasteiger partial charge on any atom is 1.00 e. The van der Waals surface area contributed by atoms with Gasteiger partial charge in [0.25, 0.3) is 5.91 Å². The fourth-order valence-electron chi connectivity index (χ4n) is 1.76. The number of anilines is 1. The fourth-order valence-corrected chi connectivity index (χ4v) is 2.71. The molecule has 0 spiro atoms. The number of hydrogen-bond donors (Lipinski definition) is 0. The van der Waals surface area contributed by atoms with Gasteiger partial charge in [0.2, 0.25) is 16.3 Å². The topological polar surface area (TPSA) is 104 Å². The minimum atomic E-state index is -5.09. The number of nitrogens with zero attached hydrogens (tertiary/aromatic N) is 1. The number of benzene rings is 1. The fraction of sp³-hybridized carbons (Fsp3) is 0.200. The van der Waals surface area contributed by atoms with Crippen LogP contribution in [-0.2, 0) is 24.2 Å². The van der Waals surface area contributed by atoms with Crippen LogP contribution in [0.1, 0.15) is 6.42 Å². The molecule has 2 amide bonds. The standard InChI is InChI=1S/C10H7Cl2NO6S.Na/c11-5-1-6(12)3-7(2-5)13-9(14)4-8(10(13)15)19-20(16,17)18;/h1-3,8H,4H2,(H,16,17,18);/q;+1/p-1/t8-;/m0./s1. The number of rotatable bonds is 3. The zero-order chi connectivity index (χ0) is 15.1. The molecule has 1 atom stereocenters. The second kappa shape index (κ2) is 6.93. The van der Waals surface area contributed by atoms with E-state index in [0.29, 0.717) is 4.90 Å². The summed E-state index contributed by atoms with van der Waals surface area (Å²) in [5.74, 6) is -1.69. The molecule has 1 saturated heterocycles. The molecular formula is C10H6Cl2NNaO6S. The van der Waals surface area contributed by atoms with Gasteiger partial charge in [-0.2, -0.15) is 0 Å². The summed E-state index contributed by atoms with van der Waals surface area (Å²) < 4.78 is 35.5. The molecule has 7 nitrogen and oxygen atoms in total. The Hall–Kier alpha value is -0.190. The van der Waals surface area contributed by atoms with E-state index in [1.165, 1.54) is 18.2 Å². The first-order valence-electron chi connectivity index (χ1n) is 5.14. The van der Waals surface area contributed by atoms with E-state index in [1.54, 1.807) is 0 Å². The quantitative estimate of drug-likeness (QED) is 0.270. The SMILES string of the molecule is O=C1C[C@H](OS(=O)(=O)[O-])C(=O)N1c1cc(Cl)cc(Cl)c1.[Na+]. The van der Waals surface area contributed by atoms with Gasteiger partial charge in [-0.15, -0.1) is 0 Å². The van der Waals surface area contributed by atoms with E-state index in [9.17, 15) is 22.6 Å². The van der Waals surface area contributed by atoms with Gasteiger partial charge in [0.05, 0.1) is 12.1 Å². The van der Waals surface area contributed by atoms with Gasteiger partial charge in [-0.3, -0.25) is 13.8 Å². The van der Waals surface area contributed by atoms with Crippen molar-refractivity contribution in [2.75, 3.05) is 4.90 Å². The number of carbonyl (C=O) groups excluding carboxylic acids is 2. The average Bonchev–Trinajstić information content (AvgIpc) is 2.50. The molecule has 108 valence electrons. The summed E-state index contributed by atoms with van der Waals surface area (Å²) in [6.45, 7) is 0. The zero-order valence-electron chi connectivity index (χ0n) is 10.6. The van der Waals surface area contributed by atoms with Crippen LogP contribution in [-0.4, -0.2) is 30.9 Å².